The van der Waals surface area contributed by atoms with E-state index in [-0.39, 0.29) is 17.3 Å². The molecular weight excluding hydrogens is 466 g/mol. The highest BCUT2D eigenvalue weighted by Crippen LogP contribution is 2.37. The number of aromatic nitrogens is 1. The summed E-state index contributed by atoms with van der Waals surface area (Å²) in [7, 11) is -0.384. The van der Waals surface area contributed by atoms with Gasteiger partial charge >= 0.3 is 0 Å². The monoisotopic (exact) mass is 493 g/mol. The lowest BCUT2D eigenvalue weighted by molar-refractivity contribution is 0.340. The van der Waals surface area contributed by atoms with Gasteiger partial charge in [0.25, 0.3) is 0 Å². The quantitative estimate of drug-likeness (QED) is 0.304. The maximum absolute atomic E-state index is 12.8. The van der Waals surface area contributed by atoms with E-state index >= 15 is 0 Å². The van der Waals surface area contributed by atoms with Crippen LogP contribution in [0.3, 0.4) is 0 Å². The van der Waals surface area contributed by atoms with Crippen molar-refractivity contribution in [3.8, 4) is 28.7 Å². The molecule has 0 radical (unpaired) electrons. The number of nitrogens with zero attached hydrogens (tertiary/aromatic N) is 1. The Kier molecular flexibility index (Phi) is 7.12. The first-order valence-corrected chi connectivity index (χ1v) is 12.7. The number of benzene rings is 3. The molecule has 0 aliphatic heterocycles. The van der Waals surface area contributed by atoms with Gasteiger partial charge in [-0.15, -0.1) is 0 Å². The van der Waals surface area contributed by atoms with E-state index in [4.69, 9.17) is 18.9 Å². The van der Waals surface area contributed by atoms with Gasteiger partial charge in [-0.3, -0.25) is 4.98 Å². The van der Waals surface area contributed by atoms with Crippen molar-refractivity contribution in [2.24, 2.45) is 0 Å². The van der Waals surface area contributed by atoms with Gasteiger partial charge in [0.15, 0.2) is 21.3 Å². The summed E-state index contributed by atoms with van der Waals surface area (Å²) in [6.45, 7) is 4.07. The van der Waals surface area contributed by atoms with Crippen molar-refractivity contribution >= 4 is 20.7 Å². The standard InChI is InChI=1S/C27H27NO6S/c1-18-5-6-21(15-19(18)2)33-13-14-35(29,30)22-9-7-20(8-10-22)34-25-11-12-28-24-17-27(32-4)26(31-3)16-23(24)25/h5-12,15-17H,13-14H2,1-4H3. The molecule has 7 nitrogen and oxygen atoms in total. The molecule has 0 unspecified atom stereocenters. The summed E-state index contributed by atoms with van der Waals surface area (Å²) in [6, 6.07) is 17.3. The van der Waals surface area contributed by atoms with E-state index in [0.717, 1.165) is 16.5 Å². The molecule has 4 rings (SSSR count). The molecule has 8 heteroatoms. The van der Waals surface area contributed by atoms with Crippen LogP contribution in [0.15, 0.2) is 71.8 Å². The van der Waals surface area contributed by atoms with E-state index in [9.17, 15) is 8.42 Å². The van der Waals surface area contributed by atoms with Crippen LogP contribution in [0, 0.1) is 13.8 Å². The number of aryl methyl sites for hydroxylation is 2. The minimum absolute atomic E-state index is 0.0669. The summed E-state index contributed by atoms with van der Waals surface area (Å²) < 4.78 is 47.9. The van der Waals surface area contributed by atoms with Gasteiger partial charge in [0, 0.05) is 17.6 Å². The molecule has 3 aromatic carbocycles. The molecule has 182 valence electrons. The minimum Gasteiger partial charge on any atom is -0.493 e. The van der Waals surface area contributed by atoms with Crippen molar-refractivity contribution in [1.82, 2.24) is 4.98 Å². The van der Waals surface area contributed by atoms with Crippen LogP contribution in [-0.2, 0) is 9.84 Å². The molecule has 0 aliphatic rings. The average Bonchev–Trinajstić information content (AvgIpc) is 2.86. The third-order valence-electron chi connectivity index (χ3n) is 5.72. The molecule has 0 amide bonds. The van der Waals surface area contributed by atoms with Crippen LogP contribution in [0.1, 0.15) is 11.1 Å². The predicted octanol–water partition coefficient (Wildman–Crippen LogP) is 5.51. The highest BCUT2D eigenvalue weighted by Gasteiger charge is 2.16. The normalized spacial score (nSPS) is 11.3. The Bertz CT molecular complexity index is 1450. The second-order valence-electron chi connectivity index (χ2n) is 8.02. The van der Waals surface area contributed by atoms with Gasteiger partial charge in [0.1, 0.15) is 23.9 Å². The van der Waals surface area contributed by atoms with E-state index in [1.165, 1.54) is 12.1 Å². The topological polar surface area (TPSA) is 84.0 Å². The third-order valence-corrected chi connectivity index (χ3v) is 7.41. The van der Waals surface area contributed by atoms with Crippen LogP contribution in [0.2, 0.25) is 0 Å². The molecular formula is C27H27NO6S. The number of fused-ring (bicyclic) bond motifs is 1. The Morgan fingerprint density at radius 2 is 1.46 bits per heavy atom. The highest BCUT2D eigenvalue weighted by atomic mass is 32.2. The molecule has 0 saturated carbocycles. The van der Waals surface area contributed by atoms with Crippen LogP contribution in [0.5, 0.6) is 28.7 Å². The van der Waals surface area contributed by atoms with Crippen LogP contribution < -0.4 is 18.9 Å². The highest BCUT2D eigenvalue weighted by molar-refractivity contribution is 7.91. The van der Waals surface area contributed by atoms with Crippen molar-refractivity contribution < 1.29 is 27.4 Å². The van der Waals surface area contributed by atoms with E-state index < -0.39 is 9.84 Å². The molecule has 0 aliphatic carbocycles. The maximum atomic E-state index is 12.8. The van der Waals surface area contributed by atoms with E-state index in [0.29, 0.717) is 34.3 Å². The van der Waals surface area contributed by atoms with Crippen LogP contribution >= 0.6 is 0 Å². The lowest BCUT2D eigenvalue weighted by Gasteiger charge is -2.13. The zero-order chi connectivity index (χ0) is 25.0. The summed E-state index contributed by atoms with van der Waals surface area (Å²) in [4.78, 5) is 4.57. The fraction of sp³-hybridized carbons (Fsp3) is 0.222. The van der Waals surface area contributed by atoms with Crippen molar-refractivity contribution in [2.45, 2.75) is 18.7 Å². The summed E-state index contributed by atoms with van der Waals surface area (Å²) in [5, 5.41) is 0.741. The fourth-order valence-corrected chi connectivity index (χ4v) is 4.66. The zero-order valence-corrected chi connectivity index (χ0v) is 20.9. The lowest BCUT2D eigenvalue weighted by Crippen LogP contribution is -2.14. The number of hydrogen-bond acceptors (Lipinski definition) is 7. The predicted molar refractivity (Wildman–Crippen MR) is 135 cm³/mol. The summed E-state index contributed by atoms with van der Waals surface area (Å²) in [5.41, 5.74) is 2.94. The largest absolute Gasteiger partial charge is 0.493 e. The zero-order valence-electron chi connectivity index (χ0n) is 20.1. The first kappa shape index (κ1) is 24.3. The van der Waals surface area contributed by atoms with Crippen molar-refractivity contribution in [2.75, 3.05) is 26.6 Å². The van der Waals surface area contributed by atoms with Gasteiger partial charge in [-0.2, -0.15) is 0 Å². The molecule has 0 spiro atoms. The van der Waals surface area contributed by atoms with Gasteiger partial charge in [-0.25, -0.2) is 8.42 Å². The van der Waals surface area contributed by atoms with Gasteiger partial charge in [-0.1, -0.05) is 6.07 Å². The Balaban J connectivity index is 1.46. The molecule has 0 N–H and O–H groups in total. The fourth-order valence-electron chi connectivity index (χ4n) is 3.57. The van der Waals surface area contributed by atoms with Gasteiger partial charge in [-0.05, 0) is 73.5 Å². The number of methoxy groups -OCH3 is 2. The van der Waals surface area contributed by atoms with Crippen LogP contribution in [0.4, 0.5) is 0 Å². The first-order chi connectivity index (χ1) is 16.8. The van der Waals surface area contributed by atoms with Gasteiger partial charge < -0.3 is 18.9 Å². The SMILES string of the molecule is COc1cc2nccc(Oc3ccc(S(=O)(=O)CCOc4ccc(C)c(C)c4)cc3)c2cc1OC. The minimum atomic E-state index is -3.51. The van der Waals surface area contributed by atoms with Crippen molar-refractivity contribution in [3.05, 3.63) is 78.0 Å². The number of pyridine rings is 1. The van der Waals surface area contributed by atoms with E-state index in [1.54, 1.807) is 50.7 Å². The summed E-state index contributed by atoms with van der Waals surface area (Å²) in [6.07, 6.45) is 1.64. The Morgan fingerprint density at radius 1 is 0.771 bits per heavy atom. The molecule has 0 atom stereocenters. The summed E-state index contributed by atoms with van der Waals surface area (Å²) in [5.74, 6) is 2.72. The first-order valence-electron chi connectivity index (χ1n) is 11.0. The van der Waals surface area contributed by atoms with Crippen molar-refractivity contribution in [3.63, 3.8) is 0 Å². The molecule has 1 aromatic heterocycles. The van der Waals surface area contributed by atoms with Gasteiger partial charge in [0.2, 0.25) is 0 Å². The Morgan fingerprint density at radius 3 is 2.14 bits per heavy atom. The number of hydrogen-bond donors (Lipinski definition) is 0. The van der Waals surface area contributed by atoms with E-state index in [2.05, 4.69) is 4.98 Å². The third kappa shape index (κ3) is 5.49. The number of ether oxygens (including phenoxy) is 4. The second kappa shape index (κ2) is 10.2. The smallest absolute Gasteiger partial charge is 0.181 e. The lowest BCUT2D eigenvalue weighted by atomic mass is 10.1. The maximum Gasteiger partial charge on any atom is 0.181 e. The number of sulfone groups is 1. The Labute approximate surface area is 205 Å². The van der Waals surface area contributed by atoms with Crippen molar-refractivity contribution in [1.29, 1.82) is 0 Å². The molecule has 0 fully saturated rings. The molecule has 0 bridgehead atoms. The van der Waals surface area contributed by atoms with E-state index in [1.807, 2.05) is 32.0 Å². The van der Waals surface area contributed by atoms with Crippen LogP contribution in [-0.4, -0.2) is 40.0 Å². The van der Waals surface area contributed by atoms with Gasteiger partial charge in [0.05, 0.1) is 30.4 Å². The molecule has 1 heterocycles. The average molecular weight is 494 g/mol. The Hall–Kier alpha value is -3.78. The van der Waals surface area contributed by atoms with Crippen LogP contribution in [0.25, 0.3) is 10.9 Å². The molecule has 35 heavy (non-hydrogen) atoms. The molecule has 0 saturated heterocycles. The summed E-state index contributed by atoms with van der Waals surface area (Å²) >= 11 is 0. The second-order valence-corrected chi connectivity index (χ2v) is 10.1. The number of rotatable bonds is 9. The molecule has 4 aromatic rings.